The van der Waals surface area contributed by atoms with Crippen LogP contribution in [0, 0.1) is 0 Å². The zero-order valence-electron chi connectivity index (χ0n) is 16.9. The quantitative estimate of drug-likeness (QED) is 0.593. The van der Waals surface area contributed by atoms with Gasteiger partial charge in [0.25, 0.3) is 0 Å². The zero-order chi connectivity index (χ0) is 19.8. The van der Waals surface area contributed by atoms with Crippen LogP contribution < -0.4 is 5.32 Å². The van der Waals surface area contributed by atoms with E-state index >= 15 is 0 Å². The van der Waals surface area contributed by atoms with Crippen molar-refractivity contribution in [2.24, 2.45) is 4.99 Å². The average molecular weight is 379 g/mol. The van der Waals surface area contributed by atoms with E-state index in [-0.39, 0.29) is 5.91 Å². The van der Waals surface area contributed by atoms with Crippen molar-refractivity contribution in [1.82, 2.24) is 15.1 Å². The maximum Gasteiger partial charge on any atom is 0.222 e. The number of likely N-dealkylation sites (tertiary alicyclic amines) is 1. The molecule has 0 radical (unpaired) electrons. The van der Waals surface area contributed by atoms with Gasteiger partial charge in [-0.1, -0.05) is 54.6 Å². The first kappa shape index (κ1) is 19.9. The van der Waals surface area contributed by atoms with Gasteiger partial charge < -0.3 is 15.1 Å². The second kappa shape index (κ2) is 9.93. The fraction of sp³-hybridized carbons (Fsp3) is 0.391. The molecular formula is C23H30N4O. The minimum absolute atomic E-state index is 0.259. The molecule has 1 N–H and O–H groups in total. The Morgan fingerprint density at radius 1 is 1.11 bits per heavy atom. The van der Waals surface area contributed by atoms with Gasteiger partial charge in [0.15, 0.2) is 5.96 Å². The number of amides is 1. The van der Waals surface area contributed by atoms with Gasteiger partial charge >= 0.3 is 0 Å². The van der Waals surface area contributed by atoms with Gasteiger partial charge in [0.2, 0.25) is 5.91 Å². The first-order chi connectivity index (χ1) is 13.7. The molecule has 0 spiro atoms. The number of carbonyl (C=O) groups excluding carboxylic acids is 1. The summed E-state index contributed by atoms with van der Waals surface area (Å²) in [5.74, 6) is 1.15. The van der Waals surface area contributed by atoms with Gasteiger partial charge in [0.1, 0.15) is 0 Å². The van der Waals surface area contributed by atoms with Crippen LogP contribution in [0.15, 0.2) is 59.6 Å². The molecule has 0 saturated carbocycles. The summed E-state index contributed by atoms with van der Waals surface area (Å²) >= 11 is 0. The van der Waals surface area contributed by atoms with E-state index in [1.165, 1.54) is 16.7 Å². The highest BCUT2D eigenvalue weighted by atomic mass is 16.2. The number of benzene rings is 2. The molecule has 1 fully saturated rings. The van der Waals surface area contributed by atoms with E-state index < -0.39 is 0 Å². The summed E-state index contributed by atoms with van der Waals surface area (Å²) in [6.45, 7) is 5.84. The van der Waals surface area contributed by atoms with Gasteiger partial charge in [-0.3, -0.25) is 4.79 Å². The largest absolute Gasteiger partial charge is 0.357 e. The van der Waals surface area contributed by atoms with E-state index in [1.54, 1.807) is 0 Å². The predicted molar refractivity (Wildman–Crippen MR) is 114 cm³/mol. The Balaban J connectivity index is 1.71. The summed E-state index contributed by atoms with van der Waals surface area (Å²) in [6, 6.07) is 18.7. The van der Waals surface area contributed by atoms with Gasteiger partial charge in [0, 0.05) is 39.6 Å². The lowest BCUT2D eigenvalue weighted by Gasteiger charge is -2.22. The van der Waals surface area contributed by atoms with Gasteiger partial charge in [-0.2, -0.15) is 0 Å². The molecule has 2 aromatic rings. The highest BCUT2D eigenvalue weighted by Crippen LogP contribution is 2.18. The van der Waals surface area contributed by atoms with Crippen molar-refractivity contribution >= 4 is 11.9 Å². The van der Waals surface area contributed by atoms with Crippen molar-refractivity contribution in [3.63, 3.8) is 0 Å². The fourth-order valence-corrected chi connectivity index (χ4v) is 3.50. The third kappa shape index (κ3) is 5.35. The highest BCUT2D eigenvalue weighted by molar-refractivity contribution is 5.80. The second-order valence-electron chi connectivity index (χ2n) is 7.20. The molecule has 0 aromatic heterocycles. The molecule has 1 aliphatic heterocycles. The molecule has 5 nitrogen and oxygen atoms in total. The molecule has 0 unspecified atom stereocenters. The Morgan fingerprint density at radius 2 is 1.82 bits per heavy atom. The second-order valence-corrected chi connectivity index (χ2v) is 7.20. The average Bonchev–Trinajstić information content (AvgIpc) is 3.11. The minimum Gasteiger partial charge on any atom is -0.357 e. The van der Waals surface area contributed by atoms with Crippen LogP contribution in [0.5, 0.6) is 0 Å². The monoisotopic (exact) mass is 378 g/mol. The van der Waals surface area contributed by atoms with Crippen LogP contribution in [0.1, 0.15) is 36.5 Å². The van der Waals surface area contributed by atoms with Crippen molar-refractivity contribution in [2.75, 3.05) is 20.1 Å². The van der Waals surface area contributed by atoms with E-state index in [1.807, 2.05) is 23.1 Å². The van der Waals surface area contributed by atoms with Crippen molar-refractivity contribution in [3.8, 4) is 0 Å². The van der Waals surface area contributed by atoms with Crippen LogP contribution in [0.3, 0.4) is 0 Å². The molecule has 1 aliphatic rings. The molecule has 0 aliphatic carbocycles. The standard InChI is InChI=1S/C23H30N4O/c1-3-24-23(26(2)17-19-10-5-4-6-11-19)25-16-20-12-7-8-13-21(20)18-27-15-9-14-22(27)28/h4-8,10-13H,3,9,14-18H2,1-2H3,(H,24,25). The van der Waals surface area contributed by atoms with Crippen molar-refractivity contribution in [3.05, 3.63) is 71.3 Å². The van der Waals surface area contributed by atoms with Crippen LogP contribution in [-0.2, 0) is 24.4 Å². The first-order valence-corrected chi connectivity index (χ1v) is 10.0. The van der Waals surface area contributed by atoms with Crippen molar-refractivity contribution < 1.29 is 4.79 Å². The number of nitrogens with zero attached hydrogens (tertiary/aromatic N) is 3. The summed E-state index contributed by atoms with van der Waals surface area (Å²) in [4.78, 5) is 20.9. The summed E-state index contributed by atoms with van der Waals surface area (Å²) in [7, 11) is 2.06. The van der Waals surface area contributed by atoms with Crippen molar-refractivity contribution in [2.45, 2.75) is 39.4 Å². The summed E-state index contributed by atoms with van der Waals surface area (Å²) in [6.07, 6.45) is 1.64. The zero-order valence-corrected chi connectivity index (χ0v) is 16.9. The number of guanidine groups is 1. The number of hydrogen-bond acceptors (Lipinski definition) is 2. The topological polar surface area (TPSA) is 47.9 Å². The smallest absolute Gasteiger partial charge is 0.222 e. The molecule has 0 atom stereocenters. The lowest BCUT2D eigenvalue weighted by molar-refractivity contribution is -0.128. The molecule has 1 saturated heterocycles. The SMILES string of the molecule is CCNC(=NCc1ccccc1CN1CCCC1=O)N(C)Cc1ccccc1. The molecule has 2 aromatic carbocycles. The predicted octanol–water partition coefficient (Wildman–Crippen LogP) is 3.41. The molecule has 5 heteroatoms. The van der Waals surface area contributed by atoms with Crippen LogP contribution in [0.25, 0.3) is 0 Å². The van der Waals surface area contributed by atoms with Crippen LogP contribution >= 0.6 is 0 Å². The molecule has 3 rings (SSSR count). The molecule has 28 heavy (non-hydrogen) atoms. The van der Waals surface area contributed by atoms with E-state index in [2.05, 4.69) is 60.6 Å². The van der Waals surface area contributed by atoms with Crippen LogP contribution in [0.4, 0.5) is 0 Å². The maximum atomic E-state index is 12.0. The number of hydrogen-bond donors (Lipinski definition) is 1. The van der Waals surface area contributed by atoms with Crippen LogP contribution in [-0.4, -0.2) is 41.8 Å². The van der Waals surface area contributed by atoms with Crippen LogP contribution in [0.2, 0.25) is 0 Å². The first-order valence-electron chi connectivity index (χ1n) is 10.0. The number of nitrogens with one attached hydrogen (secondary N) is 1. The van der Waals surface area contributed by atoms with Gasteiger partial charge in [-0.15, -0.1) is 0 Å². The third-order valence-corrected chi connectivity index (χ3v) is 5.01. The van der Waals surface area contributed by atoms with Gasteiger partial charge in [-0.25, -0.2) is 4.99 Å². The number of rotatable bonds is 7. The maximum absolute atomic E-state index is 12.0. The number of carbonyl (C=O) groups is 1. The van der Waals surface area contributed by atoms with Gasteiger partial charge in [-0.05, 0) is 30.0 Å². The minimum atomic E-state index is 0.259. The van der Waals surface area contributed by atoms with E-state index in [0.29, 0.717) is 19.5 Å². The van der Waals surface area contributed by atoms with Crippen molar-refractivity contribution in [1.29, 1.82) is 0 Å². The Kier molecular flexibility index (Phi) is 7.06. The summed E-state index contributed by atoms with van der Waals surface area (Å²) in [5, 5.41) is 3.38. The molecule has 1 heterocycles. The lowest BCUT2D eigenvalue weighted by Crippen LogP contribution is -2.38. The van der Waals surface area contributed by atoms with Gasteiger partial charge in [0.05, 0.1) is 6.54 Å². The lowest BCUT2D eigenvalue weighted by atomic mass is 10.1. The Labute approximate surface area is 168 Å². The van der Waals surface area contributed by atoms with E-state index in [4.69, 9.17) is 4.99 Å². The molecule has 1 amide bonds. The Bertz CT molecular complexity index is 803. The highest BCUT2D eigenvalue weighted by Gasteiger charge is 2.20. The third-order valence-electron chi connectivity index (χ3n) is 5.01. The molecule has 0 bridgehead atoms. The molecular weight excluding hydrogens is 348 g/mol. The Morgan fingerprint density at radius 3 is 2.50 bits per heavy atom. The summed E-state index contributed by atoms with van der Waals surface area (Å²) in [5.41, 5.74) is 3.61. The number of aliphatic imine (C=N–C) groups is 1. The fourth-order valence-electron chi connectivity index (χ4n) is 3.50. The summed E-state index contributed by atoms with van der Waals surface area (Å²) < 4.78 is 0. The van der Waals surface area contributed by atoms with E-state index in [0.717, 1.165) is 32.0 Å². The molecule has 148 valence electrons. The van der Waals surface area contributed by atoms with E-state index in [9.17, 15) is 4.79 Å². The normalized spacial score (nSPS) is 14.4. The Hall–Kier alpha value is -2.82.